The second kappa shape index (κ2) is 9.58. The maximum absolute atomic E-state index is 12.4. The molecular formula is C20H35N3O3. The third-order valence-electron chi connectivity index (χ3n) is 6.43. The van der Waals surface area contributed by atoms with Crippen molar-refractivity contribution in [3.8, 4) is 0 Å². The number of nitrogens with zero attached hydrogens (tertiary/aromatic N) is 2. The third-order valence-corrected chi connectivity index (χ3v) is 6.43. The van der Waals surface area contributed by atoms with E-state index in [0.717, 1.165) is 70.7 Å². The van der Waals surface area contributed by atoms with E-state index in [1.54, 1.807) is 0 Å². The molecule has 1 atom stereocenters. The van der Waals surface area contributed by atoms with Gasteiger partial charge in [0.15, 0.2) is 0 Å². The first-order valence-electron chi connectivity index (χ1n) is 10.6. The minimum Gasteiger partial charge on any atom is -0.450 e. The van der Waals surface area contributed by atoms with E-state index in [9.17, 15) is 9.59 Å². The Morgan fingerprint density at radius 3 is 2.38 bits per heavy atom. The highest BCUT2D eigenvalue weighted by Crippen LogP contribution is 2.27. The van der Waals surface area contributed by atoms with Crippen molar-refractivity contribution < 1.29 is 14.3 Å². The van der Waals surface area contributed by atoms with E-state index < -0.39 is 0 Å². The van der Waals surface area contributed by atoms with Crippen LogP contribution in [0, 0.1) is 11.8 Å². The first kappa shape index (κ1) is 19.5. The van der Waals surface area contributed by atoms with Gasteiger partial charge in [-0.25, -0.2) is 4.79 Å². The summed E-state index contributed by atoms with van der Waals surface area (Å²) < 4.78 is 5.14. The molecule has 2 saturated heterocycles. The van der Waals surface area contributed by atoms with Crippen LogP contribution < -0.4 is 5.32 Å². The molecule has 0 spiro atoms. The first-order chi connectivity index (χ1) is 12.7. The van der Waals surface area contributed by atoms with Crippen molar-refractivity contribution in [2.45, 2.75) is 64.3 Å². The average Bonchev–Trinajstić information content (AvgIpc) is 2.87. The predicted molar refractivity (Wildman–Crippen MR) is 101 cm³/mol. The van der Waals surface area contributed by atoms with E-state index in [1.807, 2.05) is 11.8 Å². The highest BCUT2D eigenvalue weighted by atomic mass is 16.6. The van der Waals surface area contributed by atoms with Crippen LogP contribution in [0.15, 0.2) is 0 Å². The van der Waals surface area contributed by atoms with Gasteiger partial charge >= 0.3 is 6.09 Å². The van der Waals surface area contributed by atoms with Gasteiger partial charge in [0.05, 0.1) is 6.61 Å². The van der Waals surface area contributed by atoms with Gasteiger partial charge in [-0.05, 0) is 70.9 Å². The molecule has 2 amide bonds. The number of nitrogens with one attached hydrogen (secondary N) is 1. The smallest absolute Gasteiger partial charge is 0.409 e. The number of rotatable bonds is 5. The first-order valence-corrected chi connectivity index (χ1v) is 10.6. The Bertz CT molecular complexity index is 473. The second-order valence-corrected chi connectivity index (χ2v) is 8.12. The molecule has 26 heavy (non-hydrogen) atoms. The van der Waals surface area contributed by atoms with Crippen LogP contribution in [0.5, 0.6) is 0 Å². The lowest BCUT2D eigenvalue weighted by molar-refractivity contribution is -0.127. The summed E-state index contributed by atoms with van der Waals surface area (Å²) in [5.41, 5.74) is 0. The quantitative estimate of drug-likeness (QED) is 0.814. The lowest BCUT2D eigenvalue weighted by Gasteiger charge is -2.37. The van der Waals surface area contributed by atoms with Crippen LogP contribution in [-0.2, 0) is 9.53 Å². The van der Waals surface area contributed by atoms with Crippen molar-refractivity contribution in [2.75, 3.05) is 39.3 Å². The summed E-state index contributed by atoms with van der Waals surface area (Å²) in [4.78, 5) is 28.7. The van der Waals surface area contributed by atoms with Crippen molar-refractivity contribution in [1.29, 1.82) is 0 Å². The molecule has 0 aromatic rings. The van der Waals surface area contributed by atoms with Gasteiger partial charge < -0.3 is 19.9 Å². The van der Waals surface area contributed by atoms with Crippen molar-refractivity contribution in [2.24, 2.45) is 11.8 Å². The van der Waals surface area contributed by atoms with Crippen LogP contribution in [0.25, 0.3) is 0 Å². The molecule has 6 nitrogen and oxygen atoms in total. The molecular weight excluding hydrogens is 330 g/mol. The zero-order valence-electron chi connectivity index (χ0n) is 16.3. The number of carbonyl (C=O) groups excluding carboxylic acids is 2. The number of carbonyl (C=O) groups is 2. The van der Waals surface area contributed by atoms with Crippen LogP contribution in [0.1, 0.15) is 58.3 Å². The standard InChI is InChI=1S/C20H35N3O3/c1-2-26-20(25)23-11-4-7-18(10-14-23)22-12-8-17(9-13-22)19(24)21-15-16-5-3-6-16/h16-18H,2-15H2,1H3,(H,21,24). The van der Waals surface area contributed by atoms with Crippen molar-refractivity contribution >= 4 is 12.0 Å². The summed E-state index contributed by atoms with van der Waals surface area (Å²) in [5.74, 6) is 1.19. The van der Waals surface area contributed by atoms with E-state index in [0.29, 0.717) is 12.6 Å². The molecule has 1 saturated carbocycles. The summed E-state index contributed by atoms with van der Waals surface area (Å²) in [6, 6.07) is 0.536. The van der Waals surface area contributed by atoms with Crippen molar-refractivity contribution in [3.05, 3.63) is 0 Å². The minimum absolute atomic E-state index is 0.171. The lowest BCUT2D eigenvalue weighted by atomic mass is 9.85. The molecule has 2 heterocycles. The monoisotopic (exact) mass is 365 g/mol. The summed E-state index contributed by atoms with van der Waals surface area (Å²) >= 11 is 0. The number of ether oxygens (including phenoxy) is 1. The van der Waals surface area contributed by atoms with Crippen LogP contribution in [0.4, 0.5) is 4.79 Å². The summed E-state index contributed by atoms with van der Waals surface area (Å²) in [6.45, 7) is 6.77. The fourth-order valence-electron chi connectivity index (χ4n) is 4.45. The van der Waals surface area contributed by atoms with E-state index in [1.165, 1.54) is 19.3 Å². The second-order valence-electron chi connectivity index (χ2n) is 8.12. The predicted octanol–water partition coefficient (Wildman–Crippen LogP) is 2.63. The van der Waals surface area contributed by atoms with Gasteiger partial charge in [-0.15, -0.1) is 0 Å². The van der Waals surface area contributed by atoms with Gasteiger partial charge in [0.1, 0.15) is 0 Å². The summed E-state index contributed by atoms with van der Waals surface area (Å²) in [6.07, 6.45) is 8.83. The number of hydrogen-bond donors (Lipinski definition) is 1. The average molecular weight is 366 g/mol. The van der Waals surface area contributed by atoms with Crippen LogP contribution in [-0.4, -0.2) is 67.2 Å². The van der Waals surface area contributed by atoms with E-state index in [2.05, 4.69) is 10.2 Å². The fourth-order valence-corrected chi connectivity index (χ4v) is 4.45. The maximum atomic E-state index is 12.4. The molecule has 148 valence electrons. The van der Waals surface area contributed by atoms with Gasteiger partial charge in [-0.2, -0.15) is 0 Å². The van der Waals surface area contributed by atoms with Gasteiger partial charge in [0, 0.05) is 31.6 Å². The molecule has 3 fully saturated rings. The molecule has 3 rings (SSSR count). The Morgan fingerprint density at radius 2 is 1.73 bits per heavy atom. The Morgan fingerprint density at radius 1 is 0.962 bits per heavy atom. The van der Waals surface area contributed by atoms with E-state index >= 15 is 0 Å². The molecule has 3 aliphatic rings. The van der Waals surface area contributed by atoms with Gasteiger partial charge in [-0.3, -0.25) is 4.79 Å². The molecule has 2 aliphatic heterocycles. The van der Waals surface area contributed by atoms with Crippen LogP contribution in [0.3, 0.4) is 0 Å². The van der Waals surface area contributed by atoms with Gasteiger partial charge in [0.2, 0.25) is 5.91 Å². The zero-order chi connectivity index (χ0) is 18.4. The van der Waals surface area contributed by atoms with E-state index in [4.69, 9.17) is 4.74 Å². The highest BCUT2D eigenvalue weighted by Gasteiger charge is 2.31. The molecule has 0 bridgehead atoms. The SMILES string of the molecule is CCOC(=O)N1CCCC(N2CCC(C(=O)NCC3CCC3)CC2)CC1. The minimum atomic E-state index is -0.171. The Balaban J connectivity index is 1.38. The molecule has 0 aromatic heterocycles. The van der Waals surface area contributed by atoms with Crippen LogP contribution in [0.2, 0.25) is 0 Å². The molecule has 0 radical (unpaired) electrons. The molecule has 1 unspecified atom stereocenters. The number of piperidine rings is 1. The molecule has 0 aromatic carbocycles. The number of amides is 2. The van der Waals surface area contributed by atoms with Crippen LogP contribution >= 0.6 is 0 Å². The molecule has 1 N–H and O–H groups in total. The fraction of sp³-hybridized carbons (Fsp3) is 0.900. The molecule has 6 heteroatoms. The topological polar surface area (TPSA) is 61.9 Å². The molecule has 1 aliphatic carbocycles. The third kappa shape index (κ3) is 5.12. The highest BCUT2D eigenvalue weighted by molar-refractivity contribution is 5.78. The Hall–Kier alpha value is -1.30. The largest absolute Gasteiger partial charge is 0.450 e. The summed E-state index contributed by atoms with van der Waals surface area (Å²) in [5, 5.41) is 3.17. The zero-order valence-corrected chi connectivity index (χ0v) is 16.3. The summed E-state index contributed by atoms with van der Waals surface area (Å²) in [7, 11) is 0. The van der Waals surface area contributed by atoms with Crippen molar-refractivity contribution in [3.63, 3.8) is 0 Å². The normalized spacial score (nSPS) is 26.0. The maximum Gasteiger partial charge on any atom is 0.409 e. The Kier molecular flexibility index (Phi) is 7.17. The number of likely N-dealkylation sites (tertiary alicyclic amines) is 2. The van der Waals surface area contributed by atoms with Gasteiger partial charge in [0.25, 0.3) is 0 Å². The Labute approximate surface area is 157 Å². The number of hydrogen-bond acceptors (Lipinski definition) is 4. The van der Waals surface area contributed by atoms with Crippen molar-refractivity contribution in [1.82, 2.24) is 15.1 Å². The van der Waals surface area contributed by atoms with E-state index in [-0.39, 0.29) is 17.9 Å². The lowest BCUT2D eigenvalue weighted by Crippen LogP contribution is -2.46. The van der Waals surface area contributed by atoms with Gasteiger partial charge in [-0.1, -0.05) is 6.42 Å².